The highest BCUT2D eigenvalue weighted by Crippen LogP contribution is 2.31. The average molecular weight is 389 g/mol. The van der Waals surface area contributed by atoms with Gasteiger partial charge in [0.15, 0.2) is 11.5 Å². The Hall–Kier alpha value is -3.54. The van der Waals surface area contributed by atoms with Gasteiger partial charge in [-0.05, 0) is 41.8 Å². The number of hydrogen-bond donors (Lipinski definition) is 1. The van der Waals surface area contributed by atoms with Crippen LogP contribution >= 0.6 is 0 Å². The largest absolute Gasteiger partial charge is 0.493 e. The number of fused-ring (bicyclic) bond motifs is 1. The molecule has 1 aromatic heterocycles. The molecule has 0 aliphatic carbocycles. The average Bonchev–Trinajstić information content (AvgIpc) is 2.78. The molecule has 29 heavy (non-hydrogen) atoms. The Bertz CT molecular complexity index is 1040. The molecule has 3 aromatic rings. The standard InChI is InChI=1S/C23H23N3O3/c1-28-21-8-7-18(14-22(21)29-2)25-19-9-11-24-20(13-19)23(27)26-12-10-16-5-3-4-6-17(16)15-26/h3-9,11,13-14H,10,12,15H2,1-2H3,(H,24,25). The minimum Gasteiger partial charge on any atom is -0.493 e. The third-order valence-electron chi connectivity index (χ3n) is 5.07. The molecular formula is C23H23N3O3. The number of amides is 1. The van der Waals surface area contributed by atoms with Crippen molar-refractivity contribution in [3.63, 3.8) is 0 Å². The van der Waals surface area contributed by atoms with Crippen LogP contribution in [0, 0.1) is 0 Å². The number of nitrogens with one attached hydrogen (secondary N) is 1. The van der Waals surface area contributed by atoms with Gasteiger partial charge in [-0.1, -0.05) is 24.3 Å². The lowest BCUT2D eigenvalue weighted by molar-refractivity contribution is 0.0729. The summed E-state index contributed by atoms with van der Waals surface area (Å²) in [6.45, 7) is 1.31. The van der Waals surface area contributed by atoms with Crippen molar-refractivity contribution in [1.82, 2.24) is 9.88 Å². The third kappa shape index (κ3) is 4.01. The van der Waals surface area contributed by atoms with E-state index in [1.807, 2.05) is 41.3 Å². The zero-order valence-electron chi connectivity index (χ0n) is 16.5. The first-order valence-electron chi connectivity index (χ1n) is 9.49. The molecule has 0 unspecified atom stereocenters. The van der Waals surface area contributed by atoms with Gasteiger partial charge >= 0.3 is 0 Å². The van der Waals surface area contributed by atoms with Gasteiger partial charge in [-0.15, -0.1) is 0 Å². The fourth-order valence-corrected chi connectivity index (χ4v) is 3.54. The van der Waals surface area contributed by atoms with E-state index < -0.39 is 0 Å². The molecule has 6 nitrogen and oxygen atoms in total. The summed E-state index contributed by atoms with van der Waals surface area (Å²) in [5.41, 5.74) is 4.56. The minimum atomic E-state index is -0.0598. The van der Waals surface area contributed by atoms with Crippen LogP contribution in [0.2, 0.25) is 0 Å². The summed E-state index contributed by atoms with van der Waals surface area (Å²) < 4.78 is 10.6. The Morgan fingerprint density at radius 3 is 2.52 bits per heavy atom. The van der Waals surface area contributed by atoms with E-state index in [9.17, 15) is 4.79 Å². The summed E-state index contributed by atoms with van der Waals surface area (Å²) in [7, 11) is 3.20. The molecule has 0 saturated heterocycles. The maximum atomic E-state index is 13.0. The number of pyridine rings is 1. The van der Waals surface area contributed by atoms with Gasteiger partial charge in [0.25, 0.3) is 5.91 Å². The van der Waals surface area contributed by atoms with Crippen molar-refractivity contribution in [2.24, 2.45) is 0 Å². The zero-order valence-corrected chi connectivity index (χ0v) is 16.5. The van der Waals surface area contributed by atoms with Gasteiger partial charge in [0.2, 0.25) is 0 Å². The van der Waals surface area contributed by atoms with Gasteiger partial charge < -0.3 is 19.7 Å². The lowest BCUT2D eigenvalue weighted by Crippen LogP contribution is -2.36. The fourth-order valence-electron chi connectivity index (χ4n) is 3.54. The van der Waals surface area contributed by atoms with E-state index in [1.165, 1.54) is 11.1 Å². The van der Waals surface area contributed by atoms with Gasteiger partial charge in [-0.2, -0.15) is 0 Å². The third-order valence-corrected chi connectivity index (χ3v) is 5.07. The molecule has 1 aliphatic rings. The Morgan fingerprint density at radius 1 is 0.966 bits per heavy atom. The maximum Gasteiger partial charge on any atom is 0.272 e. The van der Waals surface area contributed by atoms with Crippen molar-refractivity contribution in [3.8, 4) is 11.5 Å². The Kier molecular flexibility index (Phi) is 5.33. The van der Waals surface area contributed by atoms with Crippen molar-refractivity contribution in [2.75, 3.05) is 26.1 Å². The minimum absolute atomic E-state index is 0.0598. The first kappa shape index (κ1) is 18.8. The van der Waals surface area contributed by atoms with Crippen LogP contribution in [-0.4, -0.2) is 36.6 Å². The van der Waals surface area contributed by atoms with Crippen molar-refractivity contribution in [1.29, 1.82) is 0 Å². The van der Waals surface area contributed by atoms with Crippen LogP contribution in [0.5, 0.6) is 11.5 Å². The van der Waals surface area contributed by atoms with Crippen LogP contribution < -0.4 is 14.8 Å². The molecule has 0 fully saturated rings. The summed E-state index contributed by atoms with van der Waals surface area (Å²) in [6, 6.07) is 17.4. The number of carbonyl (C=O) groups is 1. The number of benzene rings is 2. The van der Waals surface area contributed by atoms with Gasteiger partial charge in [0.1, 0.15) is 5.69 Å². The quantitative estimate of drug-likeness (QED) is 0.713. The number of carbonyl (C=O) groups excluding carboxylic acids is 1. The van der Waals surface area contributed by atoms with Crippen molar-refractivity contribution < 1.29 is 14.3 Å². The van der Waals surface area contributed by atoms with E-state index in [-0.39, 0.29) is 5.91 Å². The predicted molar refractivity (Wildman–Crippen MR) is 112 cm³/mol. The van der Waals surface area contributed by atoms with Gasteiger partial charge in [0, 0.05) is 36.7 Å². The van der Waals surface area contributed by atoms with E-state index in [1.54, 1.807) is 26.5 Å². The number of hydrogen-bond acceptors (Lipinski definition) is 5. The summed E-state index contributed by atoms with van der Waals surface area (Å²) in [5, 5.41) is 3.30. The van der Waals surface area contributed by atoms with Gasteiger partial charge in [-0.3, -0.25) is 9.78 Å². The molecule has 0 radical (unpaired) electrons. The molecule has 1 aliphatic heterocycles. The number of nitrogens with zero attached hydrogens (tertiary/aromatic N) is 2. The van der Waals surface area contributed by atoms with Gasteiger partial charge in [0.05, 0.1) is 14.2 Å². The van der Waals surface area contributed by atoms with Gasteiger partial charge in [-0.25, -0.2) is 0 Å². The molecule has 148 valence electrons. The molecule has 1 amide bonds. The number of ether oxygens (including phenoxy) is 2. The Balaban J connectivity index is 1.51. The van der Waals surface area contributed by atoms with Crippen LogP contribution in [-0.2, 0) is 13.0 Å². The summed E-state index contributed by atoms with van der Waals surface area (Å²) in [4.78, 5) is 19.1. The molecule has 0 saturated carbocycles. The normalized spacial score (nSPS) is 12.8. The van der Waals surface area contributed by atoms with Crippen LogP contribution in [0.3, 0.4) is 0 Å². The summed E-state index contributed by atoms with van der Waals surface area (Å²) in [5.74, 6) is 1.24. The second-order valence-corrected chi connectivity index (χ2v) is 6.87. The van der Waals surface area contributed by atoms with Crippen LogP contribution in [0.4, 0.5) is 11.4 Å². The number of aromatic nitrogens is 1. The lowest BCUT2D eigenvalue weighted by atomic mass is 10.00. The molecule has 0 atom stereocenters. The molecule has 6 heteroatoms. The smallest absolute Gasteiger partial charge is 0.272 e. The molecule has 2 heterocycles. The Morgan fingerprint density at radius 2 is 1.72 bits per heavy atom. The van der Waals surface area contributed by atoms with E-state index >= 15 is 0 Å². The monoisotopic (exact) mass is 389 g/mol. The molecule has 4 rings (SSSR count). The molecule has 1 N–H and O–H groups in total. The molecule has 2 aromatic carbocycles. The predicted octanol–water partition coefficient (Wildman–Crippen LogP) is 4.04. The first-order valence-corrected chi connectivity index (χ1v) is 9.49. The zero-order chi connectivity index (χ0) is 20.2. The van der Waals surface area contributed by atoms with E-state index in [0.29, 0.717) is 30.3 Å². The molecule has 0 spiro atoms. The van der Waals surface area contributed by atoms with Crippen molar-refractivity contribution >= 4 is 17.3 Å². The highest BCUT2D eigenvalue weighted by Gasteiger charge is 2.22. The topological polar surface area (TPSA) is 63.7 Å². The lowest BCUT2D eigenvalue weighted by Gasteiger charge is -2.28. The maximum absolute atomic E-state index is 13.0. The number of rotatable bonds is 5. The van der Waals surface area contributed by atoms with Crippen molar-refractivity contribution in [2.45, 2.75) is 13.0 Å². The second kappa shape index (κ2) is 8.22. The summed E-state index contributed by atoms with van der Waals surface area (Å²) >= 11 is 0. The van der Waals surface area contributed by atoms with Crippen LogP contribution in [0.25, 0.3) is 0 Å². The van der Waals surface area contributed by atoms with E-state index in [2.05, 4.69) is 22.4 Å². The van der Waals surface area contributed by atoms with E-state index in [0.717, 1.165) is 17.8 Å². The SMILES string of the molecule is COc1ccc(Nc2ccnc(C(=O)N3CCc4ccccc4C3)c2)cc1OC. The van der Waals surface area contributed by atoms with E-state index in [4.69, 9.17) is 9.47 Å². The highest BCUT2D eigenvalue weighted by atomic mass is 16.5. The fraction of sp³-hybridized carbons (Fsp3) is 0.217. The second-order valence-electron chi connectivity index (χ2n) is 6.87. The van der Waals surface area contributed by atoms with Crippen molar-refractivity contribution in [3.05, 3.63) is 77.6 Å². The first-order chi connectivity index (χ1) is 14.2. The number of anilines is 2. The van der Waals surface area contributed by atoms with Crippen LogP contribution in [0.1, 0.15) is 21.6 Å². The molecule has 0 bridgehead atoms. The molecular weight excluding hydrogens is 366 g/mol. The van der Waals surface area contributed by atoms with Crippen LogP contribution in [0.15, 0.2) is 60.8 Å². The Labute approximate surface area is 170 Å². The highest BCUT2D eigenvalue weighted by molar-refractivity contribution is 5.93. The number of methoxy groups -OCH3 is 2. The summed E-state index contributed by atoms with van der Waals surface area (Å²) in [6.07, 6.45) is 2.51.